The molecule has 6 aromatic rings. The second kappa shape index (κ2) is 17.2. The molecule has 296 valence electrons. The van der Waals surface area contributed by atoms with Crippen molar-refractivity contribution in [2.75, 3.05) is 20.7 Å². The number of H-pyrrole nitrogens is 2. The van der Waals surface area contributed by atoms with Gasteiger partial charge in [0.1, 0.15) is 23.7 Å². The average molecular weight is 782 g/mol. The number of alkyl carbamates (subject to hydrolysis) is 1. The predicted octanol–water partition coefficient (Wildman–Crippen LogP) is 6.82. The van der Waals surface area contributed by atoms with Crippen molar-refractivity contribution in [3.63, 3.8) is 0 Å². The highest BCUT2D eigenvalue weighted by Crippen LogP contribution is 2.35. The van der Waals surface area contributed by atoms with Crippen molar-refractivity contribution in [2.45, 2.75) is 43.9 Å². The van der Waals surface area contributed by atoms with Gasteiger partial charge in [0.15, 0.2) is 0 Å². The Labute approximate surface area is 334 Å². The Morgan fingerprint density at radius 1 is 0.793 bits per heavy atom. The lowest BCUT2D eigenvalue weighted by atomic mass is 10.0. The monoisotopic (exact) mass is 781 g/mol. The molecule has 7 rings (SSSR count). The molecule has 0 spiro atoms. The summed E-state index contributed by atoms with van der Waals surface area (Å²) < 4.78 is 4.72. The van der Waals surface area contributed by atoms with E-state index in [9.17, 15) is 24.3 Å². The van der Waals surface area contributed by atoms with Crippen molar-refractivity contribution in [1.29, 1.82) is 0 Å². The third kappa shape index (κ3) is 8.43. The normalized spacial score (nSPS) is 15.2. The Morgan fingerprint density at radius 3 is 2.09 bits per heavy atom. The fourth-order valence-corrected chi connectivity index (χ4v) is 7.14. The van der Waals surface area contributed by atoms with E-state index in [0.29, 0.717) is 35.7 Å². The van der Waals surface area contributed by atoms with E-state index < -0.39 is 36.2 Å². The molecule has 0 bridgehead atoms. The maximum absolute atomic E-state index is 13.9. The highest BCUT2D eigenvalue weighted by molar-refractivity contribution is 5.88. The van der Waals surface area contributed by atoms with Crippen molar-refractivity contribution >= 4 is 24.0 Å². The van der Waals surface area contributed by atoms with E-state index in [1.54, 1.807) is 78.9 Å². The number of aromatic nitrogens is 5. The lowest BCUT2D eigenvalue weighted by Gasteiger charge is -2.32. The predicted molar refractivity (Wildman–Crippen MR) is 215 cm³/mol. The number of carbonyl (C=O) groups is 4. The first kappa shape index (κ1) is 39.0. The zero-order valence-electron chi connectivity index (χ0n) is 32.1. The standard InChI is InChI=1S/C43H43N9O6/c1-26(47-40(53)36(50-42(55)58-3)29-11-6-4-7-12-29)38-45-25-34(48-38)31-20-21-32(44-23-31)27-16-18-28(19-17-27)33-24-46-39(49-33)35-15-10-22-52(35)41(54)37(51(2)43(56)57)30-13-8-5-9-14-30/h4-9,11-14,16-21,23-26,35-37H,10,15,22H2,1-3H3,(H,45,48)(H,46,49)(H,47,53)(H,50,55)(H,56,57)/t26-,35-,36+,37+/m0/s1. The third-order valence-corrected chi connectivity index (χ3v) is 10.3. The van der Waals surface area contributed by atoms with Crippen LogP contribution in [-0.2, 0) is 14.3 Å². The Morgan fingerprint density at radius 2 is 1.43 bits per heavy atom. The van der Waals surface area contributed by atoms with Gasteiger partial charge in [-0.2, -0.15) is 0 Å². The summed E-state index contributed by atoms with van der Waals surface area (Å²) in [5.41, 5.74) is 6.13. The minimum Gasteiger partial charge on any atom is -0.465 e. The summed E-state index contributed by atoms with van der Waals surface area (Å²) in [6.45, 7) is 2.30. The molecule has 1 aliphatic rings. The van der Waals surface area contributed by atoms with Gasteiger partial charge < -0.3 is 35.3 Å². The van der Waals surface area contributed by atoms with E-state index >= 15 is 0 Å². The molecule has 0 radical (unpaired) electrons. The Bertz CT molecular complexity index is 2360. The van der Waals surface area contributed by atoms with E-state index in [1.807, 2.05) is 48.5 Å². The van der Waals surface area contributed by atoms with Gasteiger partial charge in [0, 0.05) is 30.9 Å². The van der Waals surface area contributed by atoms with Crippen LogP contribution in [0.15, 0.2) is 116 Å². The molecule has 0 unspecified atom stereocenters. The van der Waals surface area contributed by atoms with E-state index in [0.717, 1.165) is 45.1 Å². The summed E-state index contributed by atoms with van der Waals surface area (Å²) in [7, 11) is 2.66. The molecule has 15 nitrogen and oxygen atoms in total. The number of benzene rings is 3. The molecule has 0 aliphatic carbocycles. The summed E-state index contributed by atoms with van der Waals surface area (Å²) in [6.07, 6.45) is 4.77. The minimum atomic E-state index is -1.18. The van der Waals surface area contributed by atoms with Gasteiger partial charge in [-0.05, 0) is 48.6 Å². The summed E-state index contributed by atoms with van der Waals surface area (Å²) in [5.74, 6) is 0.482. The fourth-order valence-electron chi connectivity index (χ4n) is 7.14. The molecule has 3 aromatic carbocycles. The lowest BCUT2D eigenvalue weighted by molar-refractivity contribution is -0.137. The quantitative estimate of drug-likeness (QED) is 0.0885. The number of likely N-dealkylation sites (tertiary alicyclic amines) is 1. The molecule has 3 aromatic heterocycles. The number of carboxylic acid groups (broad SMARTS) is 1. The van der Waals surface area contributed by atoms with Crippen LogP contribution in [-0.4, -0.2) is 84.5 Å². The SMILES string of the molecule is COC(=O)N[C@@H](C(=O)N[C@@H](C)c1ncc(-c2ccc(-c3ccc(-c4cnc([C@@H]5CCCN5C(=O)[C@@H](c5ccccc5)N(C)C(=O)O)[nH]4)cc3)nc2)[nH]1)c1ccccc1. The molecular formula is C43H43N9O6. The van der Waals surface area contributed by atoms with Crippen LogP contribution in [0.25, 0.3) is 33.8 Å². The van der Waals surface area contributed by atoms with Crippen molar-refractivity contribution in [1.82, 2.24) is 45.4 Å². The molecule has 5 N–H and O–H groups in total. The smallest absolute Gasteiger partial charge is 0.407 e. The van der Waals surface area contributed by atoms with Crippen LogP contribution < -0.4 is 10.6 Å². The number of carbonyl (C=O) groups excluding carboxylic acids is 3. The second-order valence-corrected chi connectivity index (χ2v) is 14.0. The molecule has 15 heteroatoms. The Hall–Kier alpha value is -7.29. The first-order chi connectivity index (χ1) is 28.1. The van der Waals surface area contributed by atoms with Gasteiger partial charge in [-0.15, -0.1) is 0 Å². The first-order valence-corrected chi connectivity index (χ1v) is 18.8. The van der Waals surface area contributed by atoms with Crippen LogP contribution in [0.1, 0.15) is 66.7 Å². The van der Waals surface area contributed by atoms with Crippen LogP contribution >= 0.6 is 0 Å². The zero-order valence-corrected chi connectivity index (χ0v) is 32.1. The largest absolute Gasteiger partial charge is 0.465 e. The number of likely N-dealkylation sites (N-methyl/N-ethyl adjacent to an activating group) is 1. The van der Waals surface area contributed by atoms with Gasteiger partial charge in [0.05, 0.1) is 48.7 Å². The van der Waals surface area contributed by atoms with Crippen molar-refractivity contribution in [2.24, 2.45) is 0 Å². The van der Waals surface area contributed by atoms with Crippen molar-refractivity contribution in [3.05, 3.63) is 138 Å². The van der Waals surface area contributed by atoms with Crippen LogP contribution in [0.2, 0.25) is 0 Å². The van der Waals surface area contributed by atoms with Crippen LogP contribution in [0.5, 0.6) is 0 Å². The van der Waals surface area contributed by atoms with Crippen molar-refractivity contribution in [3.8, 4) is 33.8 Å². The minimum absolute atomic E-state index is 0.283. The highest BCUT2D eigenvalue weighted by Gasteiger charge is 2.39. The van der Waals surface area contributed by atoms with Gasteiger partial charge in [0.25, 0.3) is 5.91 Å². The second-order valence-electron chi connectivity index (χ2n) is 14.0. The van der Waals surface area contributed by atoms with E-state index in [-0.39, 0.29) is 11.9 Å². The number of hydrogen-bond donors (Lipinski definition) is 5. The van der Waals surface area contributed by atoms with Crippen molar-refractivity contribution < 1.29 is 29.0 Å². The molecule has 58 heavy (non-hydrogen) atoms. The van der Waals surface area contributed by atoms with Crippen LogP contribution in [0.3, 0.4) is 0 Å². The number of pyridine rings is 1. The first-order valence-electron chi connectivity index (χ1n) is 18.8. The Balaban J connectivity index is 0.996. The third-order valence-electron chi connectivity index (χ3n) is 10.3. The summed E-state index contributed by atoms with van der Waals surface area (Å²) in [5, 5.41) is 15.3. The summed E-state index contributed by atoms with van der Waals surface area (Å²) in [4.78, 5) is 74.4. The van der Waals surface area contributed by atoms with Gasteiger partial charge in [0.2, 0.25) is 5.91 Å². The Kier molecular flexibility index (Phi) is 11.6. The number of amides is 4. The number of rotatable bonds is 12. The average Bonchev–Trinajstić information content (AvgIpc) is 4.06. The molecule has 4 amide bonds. The molecule has 4 atom stereocenters. The topological polar surface area (TPSA) is 199 Å². The highest BCUT2D eigenvalue weighted by atomic mass is 16.5. The number of hydrogen-bond acceptors (Lipinski definition) is 8. The van der Waals surface area contributed by atoms with Gasteiger partial charge in [-0.25, -0.2) is 19.6 Å². The molecule has 0 saturated carbocycles. The number of nitrogens with one attached hydrogen (secondary N) is 4. The summed E-state index contributed by atoms with van der Waals surface area (Å²) >= 11 is 0. The van der Waals surface area contributed by atoms with Gasteiger partial charge in [-0.3, -0.25) is 19.5 Å². The van der Waals surface area contributed by atoms with E-state index in [2.05, 4.69) is 30.6 Å². The van der Waals surface area contributed by atoms with Crippen LogP contribution in [0, 0.1) is 0 Å². The maximum atomic E-state index is 13.9. The lowest BCUT2D eigenvalue weighted by Crippen LogP contribution is -2.43. The number of methoxy groups -OCH3 is 1. The molecule has 1 fully saturated rings. The van der Waals surface area contributed by atoms with Crippen LogP contribution in [0.4, 0.5) is 9.59 Å². The van der Waals surface area contributed by atoms with E-state index in [4.69, 9.17) is 9.72 Å². The molecule has 4 heterocycles. The number of imidazole rings is 2. The molecular weight excluding hydrogens is 739 g/mol. The molecule has 1 aliphatic heterocycles. The summed E-state index contributed by atoms with van der Waals surface area (Å²) in [6, 6.07) is 26.9. The number of ether oxygens (including phenoxy) is 1. The van der Waals surface area contributed by atoms with E-state index in [1.165, 1.54) is 14.2 Å². The number of nitrogens with zero attached hydrogens (tertiary/aromatic N) is 5. The number of aromatic amines is 2. The van der Waals surface area contributed by atoms with Gasteiger partial charge >= 0.3 is 12.2 Å². The molecule has 1 saturated heterocycles. The fraction of sp³-hybridized carbons (Fsp3) is 0.233. The zero-order chi connectivity index (χ0) is 40.8. The maximum Gasteiger partial charge on any atom is 0.407 e. The van der Waals surface area contributed by atoms with Gasteiger partial charge in [-0.1, -0.05) is 84.9 Å².